The molecule has 3 rings (SSSR count). The zero-order valence-corrected chi connectivity index (χ0v) is 24.5. The zero-order valence-electron chi connectivity index (χ0n) is 21.5. The molecule has 0 N–H and O–H groups in total. The number of carbonyl (C=O) groups is 3. The summed E-state index contributed by atoms with van der Waals surface area (Å²) < 4.78 is 47.2. The molecular formula is C26H30IO10P. The molecule has 0 saturated carbocycles. The third-order valence-electron chi connectivity index (χ3n) is 5.70. The Morgan fingerprint density at radius 3 is 2.34 bits per heavy atom. The third kappa shape index (κ3) is 7.63. The second kappa shape index (κ2) is 13.2. The van der Waals surface area contributed by atoms with Crippen LogP contribution >= 0.6 is 30.0 Å². The lowest BCUT2D eigenvalue weighted by atomic mass is 9.94. The Morgan fingerprint density at radius 1 is 1.05 bits per heavy atom. The van der Waals surface area contributed by atoms with Gasteiger partial charge in [-0.1, -0.05) is 30.3 Å². The van der Waals surface area contributed by atoms with Gasteiger partial charge in [-0.3, -0.25) is 9.36 Å². The molecule has 2 aromatic rings. The van der Waals surface area contributed by atoms with E-state index in [9.17, 15) is 18.9 Å². The predicted octanol–water partition coefficient (Wildman–Crippen LogP) is 4.64. The zero-order chi connectivity index (χ0) is 27.9. The van der Waals surface area contributed by atoms with Gasteiger partial charge in [-0.25, -0.2) is 9.59 Å². The molecule has 38 heavy (non-hydrogen) atoms. The number of carbonyl (C=O) groups excluding carboxylic acids is 3. The molecule has 5 atom stereocenters. The molecule has 0 spiro atoms. The average Bonchev–Trinajstić information content (AvgIpc) is 3.12. The van der Waals surface area contributed by atoms with Crippen LogP contribution in [0.25, 0.3) is 0 Å². The van der Waals surface area contributed by atoms with E-state index in [1.165, 1.54) is 20.5 Å². The van der Waals surface area contributed by atoms with E-state index >= 15 is 0 Å². The number of rotatable bonds is 11. The monoisotopic (exact) mass is 660 g/mol. The molecule has 1 aliphatic rings. The summed E-state index contributed by atoms with van der Waals surface area (Å²) in [6, 6.07) is 15.1. The maximum atomic E-state index is 13.1. The number of benzene rings is 2. The Labute approximate surface area is 234 Å². The van der Waals surface area contributed by atoms with Crippen LogP contribution in [0.15, 0.2) is 54.6 Å². The topological polar surface area (TPSA) is 124 Å². The van der Waals surface area contributed by atoms with Crippen LogP contribution < -0.4 is 0 Å². The minimum atomic E-state index is -3.16. The molecule has 0 aromatic heterocycles. The Balaban J connectivity index is 1.90. The Hall–Kier alpha value is -2.31. The molecule has 0 radical (unpaired) electrons. The summed E-state index contributed by atoms with van der Waals surface area (Å²) in [5.41, 5.74) is -1.04. The molecule has 12 heteroatoms. The molecule has 1 fully saturated rings. The first-order chi connectivity index (χ1) is 18.0. The van der Waals surface area contributed by atoms with Crippen molar-refractivity contribution in [3.63, 3.8) is 0 Å². The van der Waals surface area contributed by atoms with E-state index in [-0.39, 0.29) is 25.1 Å². The number of ether oxygens (including phenoxy) is 5. The summed E-state index contributed by atoms with van der Waals surface area (Å²) >= 11 is 2.02. The van der Waals surface area contributed by atoms with Crippen molar-refractivity contribution in [1.82, 2.24) is 0 Å². The second-order valence-electron chi connectivity index (χ2n) is 8.77. The van der Waals surface area contributed by atoms with Gasteiger partial charge in [0.05, 0.1) is 17.7 Å². The molecule has 0 aliphatic carbocycles. The van der Waals surface area contributed by atoms with Crippen LogP contribution in [0.2, 0.25) is 0 Å². The summed E-state index contributed by atoms with van der Waals surface area (Å²) in [5, 5.41) is 0. The summed E-state index contributed by atoms with van der Waals surface area (Å²) in [7, 11) is -3.16. The summed E-state index contributed by atoms with van der Waals surface area (Å²) in [6.07, 6.45) is -4.00. The van der Waals surface area contributed by atoms with E-state index in [0.717, 1.165) is 0 Å². The highest BCUT2D eigenvalue weighted by Gasteiger charge is 2.60. The van der Waals surface area contributed by atoms with Crippen molar-refractivity contribution in [3.8, 4) is 0 Å². The van der Waals surface area contributed by atoms with Gasteiger partial charge in [0.1, 0.15) is 19.1 Å². The highest BCUT2D eigenvalue weighted by molar-refractivity contribution is 14.1. The first kappa shape index (κ1) is 30.2. The Morgan fingerprint density at radius 2 is 1.71 bits per heavy atom. The highest BCUT2D eigenvalue weighted by Crippen LogP contribution is 2.45. The van der Waals surface area contributed by atoms with Crippen molar-refractivity contribution in [2.45, 2.75) is 44.9 Å². The molecule has 1 saturated heterocycles. The molecule has 2 aromatic carbocycles. The van der Waals surface area contributed by atoms with Crippen LogP contribution in [0, 0.1) is 3.57 Å². The van der Waals surface area contributed by atoms with Crippen molar-refractivity contribution in [2.24, 2.45) is 0 Å². The summed E-state index contributed by atoms with van der Waals surface area (Å²) in [5.74, 6) is -2.01. The SMILES string of the molecule is CCOP(C)(=O)CO[C@H]1O[C@@H](COC(=O)c2ccccc2I)[C@](C)(OC(=O)c2ccccc2)C1OC(C)=O. The van der Waals surface area contributed by atoms with Gasteiger partial charge in [-0.2, -0.15) is 0 Å². The fraction of sp³-hybridized carbons (Fsp3) is 0.423. The van der Waals surface area contributed by atoms with E-state index in [4.69, 9.17) is 28.2 Å². The van der Waals surface area contributed by atoms with Gasteiger partial charge >= 0.3 is 17.9 Å². The largest absolute Gasteiger partial charge is 0.459 e. The number of hydrogen-bond acceptors (Lipinski definition) is 10. The van der Waals surface area contributed by atoms with E-state index in [1.807, 2.05) is 22.6 Å². The molecule has 1 heterocycles. The first-order valence-electron chi connectivity index (χ1n) is 11.8. The Bertz CT molecular complexity index is 1190. The van der Waals surface area contributed by atoms with E-state index in [0.29, 0.717) is 9.13 Å². The Kier molecular flexibility index (Phi) is 10.5. The van der Waals surface area contributed by atoms with Crippen molar-refractivity contribution in [2.75, 3.05) is 26.2 Å². The van der Waals surface area contributed by atoms with Gasteiger partial charge < -0.3 is 28.2 Å². The van der Waals surface area contributed by atoms with Gasteiger partial charge in [-0.15, -0.1) is 0 Å². The van der Waals surface area contributed by atoms with Crippen LogP contribution in [0.4, 0.5) is 0 Å². The van der Waals surface area contributed by atoms with Crippen molar-refractivity contribution in [1.29, 1.82) is 0 Å². The van der Waals surface area contributed by atoms with Crippen LogP contribution in [0.1, 0.15) is 41.5 Å². The van der Waals surface area contributed by atoms with Gasteiger partial charge in [0.25, 0.3) is 0 Å². The van der Waals surface area contributed by atoms with Crippen LogP contribution in [0.5, 0.6) is 0 Å². The van der Waals surface area contributed by atoms with Gasteiger partial charge in [0, 0.05) is 17.2 Å². The molecular weight excluding hydrogens is 630 g/mol. The third-order valence-corrected chi connectivity index (χ3v) is 8.06. The molecule has 2 unspecified atom stereocenters. The normalized spacial score (nSPS) is 24.3. The number of halogens is 1. The summed E-state index contributed by atoms with van der Waals surface area (Å²) in [4.78, 5) is 37.9. The summed E-state index contributed by atoms with van der Waals surface area (Å²) in [6.45, 7) is 5.65. The average molecular weight is 660 g/mol. The van der Waals surface area contributed by atoms with Crippen molar-refractivity contribution < 1.29 is 47.2 Å². The van der Waals surface area contributed by atoms with Crippen molar-refractivity contribution >= 4 is 47.9 Å². The second-order valence-corrected chi connectivity index (χ2v) is 12.5. The fourth-order valence-electron chi connectivity index (χ4n) is 3.84. The predicted molar refractivity (Wildman–Crippen MR) is 145 cm³/mol. The van der Waals surface area contributed by atoms with E-state index in [1.54, 1.807) is 61.5 Å². The minimum absolute atomic E-state index is 0.208. The van der Waals surface area contributed by atoms with Gasteiger partial charge in [0.15, 0.2) is 18.0 Å². The maximum absolute atomic E-state index is 13.1. The number of esters is 3. The molecule has 0 bridgehead atoms. The molecule has 10 nitrogen and oxygen atoms in total. The van der Waals surface area contributed by atoms with E-state index in [2.05, 4.69) is 0 Å². The lowest BCUT2D eigenvalue weighted by molar-refractivity contribution is -0.185. The van der Waals surface area contributed by atoms with Crippen LogP contribution in [0.3, 0.4) is 0 Å². The molecule has 0 amide bonds. The fourth-order valence-corrected chi connectivity index (χ4v) is 5.48. The highest BCUT2D eigenvalue weighted by atomic mass is 127. The van der Waals surface area contributed by atoms with Gasteiger partial charge in [-0.05, 0) is 60.7 Å². The molecule has 206 valence electrons. The molecule has 1 aliphatic heterocycles. The van der Waals surface area contributed by atoms with Crippen LogP contribution in [-0.4, -0.2) is 68.2 Å². The standard InChI is InChI=1S/C26H30IO10P/c1-5-34-38(4,31)16-33-25-22(35-17(2)28)26(3,37-23(29)18-11-7-6-8-12-18)21(36-25)15-32-24(30)19-13-9-10-14-20(19)27/h6-14,21-22,25H,5,15-16H2,1-4H3/t21-,22?,25-,26-,38?/m0/s1. The first-order valence-corrected chi connectivity index (χ1v) is 15.2. The maximum Gasteiger partial charge on any atom is 0.339 e. The van der Waals surface area contributed by atoms with Crippen LogP contribution in [-0.2, 0) is 37.6 Å². The quantitative estimate of drug-likeness (QED) is 0.146. The van der Waals surface area contributed by atoms with Crippen molar-refractivity contribution in [3.05, 3.63) is 69.3 Å². The van der Waals surface area contributed by atoms with E-state index < -0.39 is 49.4 Å². The minimum Gasteiger partial charge on any atom is -0.459 e. The smallest absolute Gasteiger partial charge is 0.339 e. The number of hydrogen-bond donors (Lipinski definition) is 0. The lowest BCUT2D eigenvalue weighted by Crippen LogP contribution is -2.52. The van der Waals surface area contributed by atoms with Gasteiger partial charge in [0.2, 0.25) is 7.37 Å². The lowest BCUT2D eigenvalue weighted by Gasteiger charge is -2.33.